The number of hydrogen-bond donors (Lipinski definition) is 2. The first-order valence-corrected chi connectivity index (χ1v) is 15.1. The Bertz CT molecular complexity index is 1430. The molecule has 1 saturated heterocycles. The van der Waals surface area contributed by atoms with Gasteiger partial charge in [0.2, 0.25) is 11.9 Å². The minimum absolute atomic E-state index is 0.00796. The molecule has 1 atom stereocenters. The minimum Gasteiger partial charge on any atom is -0.339 e. The summed E-state index contributed by atoms with van der Waals surface area (Å²) in [6, 6.07) is 6.98. The van der Waals surface area contributed by atoms with Gasteiger partial charge < -0.3 is 14.8 Å². The number of likely N-dealkylation sites (tertiary alicyclic amines) is 1. The van der Waals surface area contributed by atoms with Crippen molar-refractivity contribution in [2.75, 3.05) is 18.4 Å². The van der Waals surface area contributed by atoms with Crippen LogP contribution in [0.1, 0.15) is 93.0 Å². The van der Waals surface area contributed by atoms with Crippen LogP contribution in [0.4, 0.5) is 5.95 Å². The van der Waals surface area contributed by atoms with Gasteiger partial charge in [-0.3, -0.25) is 14.9 Å². The summed E-state index contributed by atoms with van der Waals surface area (Å²) in [6.07, 6.45) is 5.97. The van der Waals surface area contributed by atoms with Crippen LogP contribution < -0.4 is 10.6 Å². The zero-order valence-corrected chi connectivity index (χ0v) is 25.4. The average molecular weight is 563 g/mol. The van der Waals surface area contributed by atoms with Crippen molar-refractivity contribution < 1.29 is 9.59 Å². The highest BCUT2D eigenvalue weighted by molar-refractivity contribution is 7.13. The number of nitrogens with one attached hydrogen (secondary N) is 2. The maximum atomic E-state index is 13.3. The van der Waals surface area contributed by atoms with Crippen LogP contribution in [-0.2, 0) is 11.3 Å². The Morgan fingerprint density at radius 3 is 2.65 bits per heavy atom. The number of hydrogen-bond acceptors (Lipinski definition) is 6. The molecule has 0 radical (unpaired) electrons. The first-order chi connectivity index (χ1) is 18.9. The summed E-state index contributed by atoms with van der Waals surface area (Å²) < 4.78 is 2.20. The lowest BCUT2D eigenvalue weighted by Gasteiger charge is -2.46. The lowest BCUT2D eigenvalue weighted by Crippen LogP contribution is -2.42. The number of benzene rings is 1. The minimum atomic E-state index is -0.181. The number of anilines is 1. The van der Waals surface area contributed by atoms with E-state index in [0.717, 1.165) is 60.5 Å². The fraction of sp³-hybridized carbons (Fsp3) is 0.548. The zero-order chi connectivity index (χ0) is 28.8. The van der Waals surface area contributed by atoms with E-state index in [1.807, 2.05) is 4.90 Å². The van der Waals surface area contributed by atoms with Gasteiger partial charge in [-0.25, -0.2) is 9.97 Å². The summed E-state index contributed by atoms with van der Waals surface area (Å²) in [5.41, 5.74) is 3.35. The Morgan fingerprint density at radius 1 is 1.25 bits per heavy atom. The van der Waals surface area contributed by atoms with E-state index >= 15 is 0 Å². The molecule has 2 fully saturated rings. The van der Waals surface area contributed by atoms with Gasteiger partial charge in [0, 0.05) is 37.6 Å². The van der Waals surface area contributed by atoms with Gasteiger partial charge in [0.05, 0.1) is 22.2 Å². The molecule has 1 aliphatic heterocycles. The van der Waals surface area contributed by atoms with Crippen molar-refractivity contribution in [3.63, 3.8) is 0 Å². The predicted octanol–water partition coefficient (Wildman–Crippen LogP) is 6.13. The molecule has 2 N–H and O–H groups in total. The van der Waals surface area contributed by atoms with E-state index in [1.54, 1.807) is 6.20 Å². The summed E-state index contributed by atoms with van der Waals surface area (Å²) in [5, 5.41) is 7.69. The van der Waals surface area contributed by atoms with Crippen molar-refractivity contribution in [2.24, 2.45) is 10.8 Å². The fourth-order valence-electron chi connectivity index (χ4n) is 5.82. The van der Waals surface area contributed by atoms with Crippen LogP contribution in [0.2, 0.25) is 0 Å². The quantitative estimate of drug-likeness (QED) is 0.322. The van der Waals surface area contributed by atoms with Gasteiger partial charge in [-0.15, -0.1) is 11.3 Å². The summed E-state index contributed by atoms with van der Waals surface area (Å²) in [5.74, 6) is 0.673. The number of carbonyl (C=O) groups excluding carboxylic acids is 2. The molecule has 3 heterocycles. The number of carbonyl (C=O) groups is 2. The van der Waals surface area contributed by atoms with E-state index in [1.165, 1.54) is 17.4 Å². The number of nitrogens with zero attached hydrogens (tertiary/aromatic N) is 4. The molecule has 5 rings (SSSR count). The highest BCUT2D eigenvalue weighted by Crippen LogP contribution is 2.55. The molecule has 2 aliphatic rings. The summed E-state index contributed by atoms with van der Waals surface area (Å²) in [4.78, 5) is 37.4. The molecule has 8 nitrogen and oxygen atoms in total. The number of amides is 2. The van der Waals surface area contributed by atoms with Gasteiger partial charge in [0.25, 0.3) is 5.91 Å². The molecule has 1 spiro atoms. The maximum absolute atomic E-state index is 13.3. The highest BCUT2D eigenvalue weighted by Gasteiger charge is 2.50. The molecule has 1 aromatic carbocycles. The van der Waals surface area contributed by atoms with E-state index in [2.05, 4.69) is 86.5 Å². The molecule has 1 saturated carbocycles. The topological polar surface area (TPSA) is 92.2 Å². The highest BCUT2D eigenvalue weighted by atomic mass is 32.1. The van der Waals surface area contributed by atoms with E-state index in [9.17, 15) is 9.59 Å². The van der Waals surface area contributed by atoms with Crippen LogP contribution in [-0.4, -0.2) is 50.4 Å². The molecule has 1 aliphatic carbocycles. The van der Waals surface area contributed by atoms with Crippen molar-refractivity contribution in [3.05, 3.63) is 52.5 Å². The second-order valence-corrected chi connectivity index (χ2v) is 14.1. The first kappa shape index (κ1) is 28.5. The van der Waals surface area contributed by atoms with Crippen molar-refractivity contribution >= 4 is 40.1 Å². The van der Waals surface area contributed by atoms with Gasteiger partial charge in [0.1, 0.15) is 4.88 Å². The Morgan fingerprint density at radius 2 is 2.00 bits per heavy atom. The molecular formula is C31H42N6O2S. The number of imidazole rings is 1. The van der Waals surface area contributed by atoms with Crippen LogP contribution in [0.3, 0.4) is 0 Å². The third-order valence-electron chi connectivity index (χ3n) is 8.76. The SMILES string of the molecule is C=CC(=O)N1CC[C@]2(C1)C[C@H](n1c(NC(=O)c3cnc(C(C)C)s3)nc3cc(CN[C@@H](C)C(C)(C)C)ccc31)C2. The summed E-state index contributed by atoms with van der Waals surface area (Å²) in [6.45, 7) is 19.0. The van der Waals surface area contributed by atoms with Crippen molar-refractivity contribution in [1.29, 1.82) is 0 Å². The van der Waals surface area contributed by atoms with Crippen LogP contribution >= 0.6 is 11.3 Å². The Labute approximate surface area is 241 Å². The van der Waals surface area contributed by atoms with Crippen LogP contribution in [0.5, 0.6) is 0 Å². The fourth-order valence-corrected chi connectivity index (χ4v) is 6.64. The van der Waals surface area contributed by atoms with E-state index in [0.29, 0.717) is 16.9 Å². The average Bonchev–Trinajstić information content (AvgIpc) is 3.62. The lowest BCUT2D eigenvalue weighted by molar-refractivity contribution is -0.125. The number of aromatic nitrogens is 3. The monoisotopic (exact) mass is 562 g/mol. The van der Waals surface area contributed by atoms with Crippen molar-refractivity contribution in [3.8, 4) is 0 Å². The van der Waals surface area contributed by atoms with Gasteiger partial charge in [-0.2, -0.15) is 0 Å². The molecule has 40 heavy (non-hydrogen) atoms. The zero-order valence-electron chi connectivity index (χ0n) is 24.6. The third-order valence-corrected chi connectivity index (χ3v) is 10.1. The molecule has 0 unspecified atom stereocenters. The summed E-state index contributed by atoms with van der Waals surface area (Å²) >= 11 is 1.43. The van der Waals surface area contributed by atoms with Gasteiger partial charge in [0.15, 0.2) is 0 Å². The maximum Gasteiger partial charge on any atom is 0.269 e. The lowest BCUT2D eigenvalue weighted by atomic mass is 9.64. The molecule has 9 heteroatoms. The predicted molar refractivity (Wildman–Crippen MR) is 162 cm³/mol. The first-order valence-electron chi connectivity index (χ1n) is 14.3. The number of rotatable bonds is 8. The molecule has 3 aromatic rings. The third kappa shape index (κ3) is 5.59. The normalized spacial score (nSPS) is 21.7. The number of thiazole rings is 1. The van der Waals surface area contributed by atoms with E-state index in [-0.39, 0.29) is 34.6 Å². The Balaban J connectivity index is 1.41. The van der Waals surface area contributed by atoms with Gasteiger partial charge in [-0.1, -0.05) is 47.3 Å². The Kier molecular flexibility index (Phi) is 7.65. The van der Waals surface area contributed by atoms with Gasteiger partial charge in [-0.05, 0) is 60.8 Å². The Hall–Kier alpha value is -3.04. The number of fused-ring (bicyclic) bond motifs is 1. The largest absolute Gasteiger partial charge is 0.339 e. The molecule has 0 bridgehead atoms. The van der Waals surface area contributed by atoms with Crippen molar-refractivity contribution in [2.45, 2.75) is 85.4 Å². The second kappa shape index (κ2) is 10.7. The second-order valence-electron chi connectivity index (χ2n) is 13.0. The molecular weight excluding hydrogens is 520 g/mol. The van der Waals surface area contributed by atoms with Crippen LogP contribution in [0.15, 0.2) is 37.1 Å². The molecule has 214 valence electrons. The molecule has 2 amide bonds. The van der Waals surface area contributed by atoms with Crippen molar-refractivity contribution in [1.82, 2.24) is 24.8 Å². The molecule has 2 aromatic heterocycles. The standard InChI is InChI=1S/C31H42N6O2S/c1-8-26(38)36-12-11-31(18-36)14-22(15-31)37-24-10-9-21(16-32-20(4)30(5,6)7)13-23(24)34-29(37)35-27(39)25-17-33-28(40-25)19(2)3/h8-10,13,17,19-20,22,32H,1,11-12,14-16,18H2,2-7H3,(H,34,35,39)/t20-,22-,31-/m0/s1. The summed E-state index contributed by atoms with van der Waals surface area (Å²) in [7, 11) is 0. The van der Waals surface area contributed by atoms with Crippen LogP contribution in [0.25, 0.3) is 11.0 Å². The van der Waals surface area contributed by atoms with Crippen LogP contribution in [0, 0.1) is 10.8 Å². The van der Waals surface area contributed by atoms with E-state index in [4.69, 9.17) is 4.98 Å². The smallest absolute Gasteiger partial charge is 0.269 e. The van der Waals surface area contributed by atoms with E-state index < -0.39 is 0 Å². The van der Waals surface area contributed by atoms with Gasteiger partial charge >= 0.3 is 0 Å².